The average molecular weight is 445 g/mol. The van der Waals surface area contributed by atoms with Gasteiger partial charge in [0, 0.05) is 35.7 Å². The van der Waals surface area contributed by atoms with Crippen LogP contribution in [0.3, 0.4) is 0 Å². The van der Waals surface area contributed by atoms with E-state index in [1.165, 1.54) is 13.2 Å². The number of aliphatic hydroxyl groups is 1. The van der Waals surface area contributed by atoms with Crippen LogP contribution in [0.15, 0.2) is 35.5 Å². The van der Waals surface area contributed by atoms with Crippen LogP contribution in [0.2, 0.25) is 0 Å². The number of aliphatic hydroxyl groups excluding tert-OH is 1. The molecule has 0 saturated heterocycles. The Kier molecular flexibility index (Phi) is 6.62. The first kappa shape index (κ1) is 22.7. The van der Waals surface area contributed by atoms with Gasteiger partial charge in [0.2, 0.25) is 0 Å². The molecule has 164 valence electrons. The number of nitrogens with zero attached hydrogens (tertiary/aromatic N) is 3. The number of imidazole rings is 1. The summed E-state index contributed by atoms with van der Waals surface area (Å²) in [4.78, 5) is 4.90. The second kappa shape index (κ2) is 9.04. The lowest BCUT2D eigenvalue weighted by Gasteiger charge is -2.20. The summed E-state index contributed by atoms with van der Waals surface area (Å²) in [5.74, 6) is -0.191. The van der Waals surface area contributed by atoms with Crippen LogP contribution in [-0.4, -0.2) is 43.7 Å². The summed E-state index contributed by atoms with van der Waals surface area (Å²) in [7, 11) is 0.150. The van der Waals surface area contributed by atoms with Crippen LogP contribution >= 0.6 is 0 Å². The molecule has 9 heteroatoms. The average Bonchev–Trinajstić information content (AvgIpc) is 3.14. The van der Waals surface area contributed by atoms with Crippen molar-refractivity contribution in [1.82, 2.24) is 9.38 Å². The summed E-state index contributed by atoms with van der Waals surface area (Å²) in [6.07, 6.45) is 3.76. The van der Waals surface area contributed by atoms with Crippen molar-refractivity contribution in [2.24, 2.45) is 0 Å². The largest absolute Gasteiger partial charge is 0.495 e. The van der Waals surface area contributed by atoms with Crippen molar-refractivity contribution < 1.29 is 18.4 Å². The van der Waals surface area contributed by atoms with Crippen LogP contribution in [0, 0.1) is 17.1 Å². The maximum absolute atomic E-state index is 14.7. The molecule has 0 aliphatic rings. The molecule has 3 rings (SSSR count). The van der Waals surface area contributed by atoms with Crippen molar-refractivity contribution in [3.8, 4) is 23.1 Å². The Labute approximate surface area is 183 Å². The Morgan fingerprint density at radius 2 is 2.10 bits per heavy atom. The number of anilines is 1. The highest BCUT2D eigenvalue weighted by Crippen LogP contribution is 2.33. The summed E-state index contributed by atoms with van der Waals surface area (Å²) in [5, 5.41) is 21.3. The predicted octanol–water partition coefficient (Wildman–Crippen LogP) is 3.72. The number of fused-ring (bicyclic) bond motifs is 1. The second-order valence-electron chi connectivity index (χ2n) is 7.96. The van der Waals surface area contributed by atoms with Gasteiger partial charge in [-0.15, -0.1) is 0 Å². The molecule has 1 unspecified atom stereocenters. The van der Waals surface area contributed by atoms with Gasteiger partial charge < -0.3 is 15.2 Å². The van der Waals surface area contributed by atoms with Gasteiger partial charge in [-0.25, -0.2) is 9.37 Å². The van der Waals surface area contributed by atoms with Gasteiger partial charge in [-0.2, -0.15) is 5.26 Å². The van der Waals surface area contributed by atoms with Crippen molar-refractivity contribution in [2.45, 2.75) is 36.8 Å². The number of hydrogen-bond acceptors (Lipinski definition) is 6. The molecular weight excluding hydrogens is 419 g/mol. The lowest BCUT2D eigenvalue weighted by molar-refractivity contribution is 0.292. The van der Waals surface area contributed by atoms with E-state index < -0.39 is 21.4 Å². The van der Waals surface area contributed by atoms with Crippen LogP contribution in [0.1, 0.15) is 32.8 Å². The third kappa shape index (κ3) is 4.55. The number of hydrogen-bond donors (Lipinski definition) is 2. The van der Waals surface area contributed by atoms with E-state index in [1.807, 2.05) is 26.8 Å². The molecule has 0 aliphatic heterocycles. The van der Waals surface area contributed by atoms with Gasteiger partial charge in [-0.1, -0.05) is 0 Å². The van der Waals surface area contributed by atoms with Crippen LogP contribution in [0.5, 0.6) is 5.75 Å². The summed E-state index contributed by atoms with van der Waals surface area (Å²) < 4.78 is 34.4. The molecule has 2 heterocycles. The number of benzene rings is 1. The van der Waals surface area contributed by atoms with Gasteiger partial charge in [0.1, 0.15) is 28.8 Å². The van der Waals surface area contributed by atoms with Crippen molar-refractivity contribution in [2.75, 3.05) is 25.6 Å². The third-order valence-electron chi connectivity index (χ3n) is 4.70. The molecule has 2 N–H and O–H groups in total. The first-order valence-corrected chi connectivity index (χ1v) is 10.9. The monoisotopic (exact) mass is 444 g/mol. The fourth-order valence-electron chi connectivity index (χ4n) is 3.14. The highest BCUT2D eigenvalue weighted by Gasteiger charge is 2.26. The minimum absolute atomic E-state index is 0.0140. The van der Waals surface area contributed by atoms with Gasteiger partial charge in [0.05, 0.1) is 40.4 Å². The van der Waals surface area contributed by atoms with Crippen LogP contribution < -0.4 is 10.1 Å². The second-order valence-corrected chi connectivity index (χ2v) is 10.2. The molecule has 1 aromatic carbocycles. The van der Waals surface area contributed by atoms with E-state index in [1.54, 1.807) is 28.9 Å². The number of ether oxygens (including phenoxy) is 1. The normalized spacial score (nSPS) is 12.5. The summed E-state index contributed by atoms with van der Waals surface area (Å²) in [6.45, 7) is 6.01. The molecule has 0 aliphatic carbocycles. The molecule has 31 heavy (non-hydrogen) atoms. The van der Waals surface area contributed by atoms with Gasteiger partial charge >= 0.3 is 0 Å². The van der Waals surface area contributed by atoms with Gasteiger partial charge in [-0.3, -0.25) is 8.61 Å². The number of methoxy groups -OCH3 is 1. The van der Waals surface area contributed by atoms with Crippen LogP contribution in [0.25, 0.3) is 16.9 Å². The molecule has 7 nitrogen and oxygen atoms in total. The maximum atomic E-state index is 14.7. The molecule has 1 atom stereocenters. The molecule has 0 saturated carbocycles. The quantitative estimate of drug-likeness (QED) is 0.539. The van der Waals surface area contributed by atoms with E-state index in [4.69, 9.17) is 9.84 Å². The number of rotatable bonds is 7. The minimum atomic E-state index is -1.36. The van der Waals surface area contributed by atoms with Crippen LogP contribution in [0.4, 0.5) is 10.1 Å². The van der Waals surface area contributed by atoms with Crippen molar-refractivity contribution in [1.29, 1.82) is 5.26 Å². The molecule has 0 bridgehead atoms. The van der Waals surface area contributed by atoms with Crippen molar-refractivity contribution >= 4 is 22.1 Å². The predicted molar refractivity (Wildman–Crippen MR) is 118 cm³/mol. The SMILES string of the molecule is COc1cc2ncc(-c3cc(F)c(C#N)c(NCCCO)c3)n2cc1S(=O)C(C)(C)C. The molecule has 2 aromatic heterocycles. The zero-order chi connectivity index (χ0) is 22.8. The molecule has 3 aromatic rings. The summed E-state index contributed by atoms with van der Waals surface area (Å²) >= 11 is 0. The number of nitriles is 1. The molecular formula is C22H25FN4O3S. The first-order chi connectivity index (χ1) is 14.7. The molecule has 0 radical (unpaired) electrons. The molecule has 0 fully saturated rings. The van der Waals surface area contributed by atoms with E-state index in [0.29, 0.717) is 46.2 Å². The number of aromatic nitrogens is 2. The van der Waals surface area contributed by atoms with Crippen LogP contribution in [-0.2, 0) is 10.8 Å². The van der Waals surface area contributed by atoms with Gasteiger partial charge in [-0.05, 0) is 39.3 Å². The Bertz CT molecular complexity index is 1180. The Hall–Kier alpha value is -2.96. The van der Waals surface area contributed by atoms with E-state index in [9.17, 15) is 13.9 Å². The fourth-order valence-corrected chi connectivity index (χ4v) is 4.32. The van der Waals surface area contributed by atoms with Crippen molar-refractivity contribution in [3.05, 3.63) is 42.0 Å². The molecule has 0 spiro atoms. The van der Waals surface area contributed by atoms with Gasteiger partial charge in [0.25, 0.3) is 0 Å². The summed E-state index contributed by atoms with van der Waals surface area (Å²) in [6, 6.07) is 6.53. The van der Waals surface area contributed by atoms with E-state index in [0.717, 1.165) is 0 Å². The zero-order valence-electron chi connectivity index (χ0n) is 17.9. The van der Waals surface area contributed by atoms with Gasteiger partial charge in [0.15, 0.2) is 0 Å². The lowest BCUT2D eigenvalue weighted by Crippen LogP contribution is -2.22. The zero-order valence-corrected chi connectivity index (χ0v) is 18.7. The standard InChI is InChI=1S/C22H25FN4O3S/c1-22(2,3)31(29)20-13-27-18(12-26-21(27)10-19(20)30-4)14-8-16(23)15(11-24)17(9-14)25-6-5-7-28/h8-10,12-13,25,28H,5-7H2,1-4H3. The first-order valence-electron chi connectivity index (χ1n) is 9.77. The lowest BCUT2D eigenvalue weighted by atomic mass is 10.1. The van der Waals surface area contributed by atoms with Crippen molar-refractivity contribution in [3.63, 3.8) is 0 Å². The maximum Gasteiger partial charge on any atom is 0.143 e. The van der Waals surface area contributed by atoms with E-state index >= 15 is 0 Å². The smallest absolute Gasteiger partial charge is 0.143 e. The number of nitrogens with one attached hydrogen (secondary N) is 1. The number of pyridine rings is 1. The Balaban J connectivity index is 2.17. The fraction of sp³-hybridized carbons (Fsp3) is 0.364. The molecule has 0 amide bonds. The Morgan fingerprint density at radius 3 is 2.71 bits per heavy atom. The highest BCUT2D eigenvalue weighted by atomic mass is 32.2. The minimum Gasteiger partial charge on any atom is -0.495 e. The number of halogens is 1. The van der Waals surface area contributed by atoms with E-state index in [-0.39, 0.29) is 12.2 Å². The topological polar surface area (TPSA) is 99.7 Å². The highest BCUT2D eigenvalue weighted by molar-refractivity contribution is 7.86. The Morgan fingerprint density at radius 1 is 1.35 bits per heavy atom. The van der Waals surface area contributed by atoms with E-state index in [2.05, 4.69) is 10.3 Å². The summed E-state index contributed by atoms with van der Waals surface area (Å²) in [5.41, 5.74) is 1.90. The third-order valence-corrected chi connectivity index (χ3v) is 6.52.